The summed E-state index contributed by atoms with van der Waals surface area (Å²) in [4.78, 5) is 14.3. The van der Waals surface area contributed by atoms with E-state index in [0.29, 0.717) is 9.23 Å². The number of nitrogens with zero attached hydrogens (tertiary/aromatic N) is 1. The summed E-state index contributed by atoms with van der Waals surface area (Å²) in [5, 5.41) is 0.269. The van der Waals surface area contributed by atoms with E-state index in [9.17, 15) is 9.18 Å². The highest BCUT2D eigenvalue weighted by Crippen LogP contribution is 2.37. The molecule has 0 unspecified atom stereocenters. The van der Waals surface area contributed by atoms with Gasteiger partial charge in [0.15, 0.2) is 0 Å². The Bertz CT molecular complexity index is 602. The molecule has 0 atom stereocenters. The number of hydrogen-bond acceptors (Lipinski definition) is 3. The average Bonchev–Trinajstić information content (AvgIpc) is 2.58. The van der Waals surface area contributed by atoms with E-state index in [-0.39, 0.29) is 16.5 Å². The van der Waals surface area contributed by atoms with Gasteiger partial charge in [0.25, 0.3) is 5.91 Å². The summed E-state index contributed by atoms with van der Waals surface area (Å²) in [6.45, 7) is 5.70. The fraction of sp³-hybridized carbons (Fsp3) is 0.286. The molecule has 0 saturated carbocycles. The molecule has 0 spiro atoms. The van der Waals surface area contributed by atoms with Crippen molar-refractivity contribution < 1.29 is 9.18 Å². The molecular formula is C14H13ClFNOS2. The van der Waals surface area contributed by atoms with Crippen LogP contribution < -0.4 is 0 Å². The monoisotopic (exact) mass is 329 g/mol. The molecule has 0 aliphatic carbocycles. The summed E-state index contributed by atoms with van der Waals surface area (Å²) in [7, 11) is 0. The summed E-state index contributed by atoms with van der Waals surface area (Å²) in [5.41, 5.74) is -0.195. The van der Waals surface area contributed by atoms with Gasteiger partial charge in [0.2, 0.25) is 0 Å². The van der Waals surface area contributed by atoms with Crippen LogP contribution in [0.2, 0.25) is 5.02 Å². The number of hydrogen-bond donors (Lipinski definition) is 0. The van der Waals surface area contributed by atoms with E-state index in [4.69, 9.17) is 23.8 Å². The van der Waals surface area contributed by atoms with Gasteiger partial charge < -0.3 is 0 Å². The molecular weight excluding hydrogens is 317 g/mol. The second-order valence-electron chi connectivity index (χ2n) is 5.32. The maximum atomic E-state index is 13.8. The molecule has 1 saturated heterocycles. The zero-order valence-corrected chi connectivity index (χ0v) is 13.6. The minimum absolute atomic E-state index is 0.212. The highest BCUT2D eigenvalue weighted by molar-refractivity contribution is 8.26. The number of carbonyl (C=O) groups is 1. The predicted molar refractivity (Wildman–Crippen MR) is 86.2 cm³/mol. The number of thiocarbonyl (C=S) groups is 1. The first-order valence-electron chi connectivity index (χ1n) is 5.94. The van der Waals surface area contributed by atoms with E-state index >= 15 is 0 Å². The molecule has 2 rings (SSSR count). The third kappa shape index (κ3) is 2.90. The largest absolute Gasteiger partial charge is 0.288 e. The maximum absolute atomic E-state index is 13.8. The second-order valence-corrected chi connectivity index (χ2v) is 7.41. The highest BCUT2D eigenvalue weighted by Gasteiger charge is 2.39. The van der Waals surface area contributed by atoms with Crippen molar-refractivity contribution in [1.29, 1.82) is 0 Å². The molecule has 1 aliphatic rings. The first-order valence-corrected chi connectivity index (χ1v) is 7.54. The topological polar surface area (TPSA) is 20.3 Å². The zero-order valence-electron chi connectivity index (χ0n) is 11.2. The van der Waals surface area contributed by atoms with E-state index in [1.165, 1.54) is 23.1 Å². The minimum atomic E-state index is -0.460. The third-order valence-electron chi connectivity index (χ3n) is 2.74. The van der Waals surface area contributed by atoms with E-state index in [1.807, 2.05) is 20.8 Å². The summed E-state index contributed by atoms with van der Waals surface area (Å²) < 4.78 is 14.2. The van der Waals surface area contributed by atoms with Crippen LogP contribution in [0.4, 0.5) is 4.39 Å². The number of halogens is 2. The van der Waals surface area contributed by atoms with Crippen LogP contribution >= 0.6 is 35.6 Å². The number of carbonyl (C=O) groups excluding carboxylic acids is 1. The molecule has 1 aromatic rings. The molecule has 1 heterocycles. The standard InChI is InChI=1S/C14H13ClFNOS2/c1-14(2,3)17-12(18)11(20-13(17)19)7-8-9(15)5-4-6-10(8)16/h4-7H,1-3H3/b11-7-. The van der Waals surface area contributed by atoms with Crippen molar-refractivity contribution in [3.8, 4) is 0 Å². The highest BCUT2D eigenvalue weighted by atomic mass is 35.5. The van der Waals surface area contributed by atoms with Gasteiger partial charge in [-0.3, -0.25) is 9.69 Å². The Hall–Kier alpha value is -0.910. The van der Waals surface area contributed by atoms with Crippen molar-refractivity contribution in [1.82, 2.24) is 4.90 Å². The summed E-state index contributed by atoms with van der Waals surface area (Å²) in [6.07, 6.45) is 1.46. The molecule has 106 valence electrons. The second kappa shape index (κ2) is 5.47. The summed E-state index contributed by atoms with van der Waals surface area (Å²) >= 11 is 12.4. The fourth-order valence-corrected chi connectivity index (χ4v) is 3.66. The smallest absolute Gasteiger partial charge is 0.266 e. The van der Waals surface area contributed by atoms with Crippen LogP contribution in [0, 0.1) is 5.82 Å². The Morgan fingerprint density at radius 2 is 2.05 bits per heavy atom. The van der Waals surface area contributed by atoms with Gasteiger partial charge in [0.05, 0.1) is 9.93 Å². The van der Waals surface area contributed by atoms with Crippen LogP contribution in [0.15, 0.2) is 23.1 Å². The Kier molecular flexibility index (Phi) is 4.23. The Morgan fingerprint density at radius 1 is 1.40 bits per heavy atom. The van der Waals surface area contributed by atoms with Crippen molar-refractivity contribution in [2.24, 2.45) is 0 Å². The first-order chi connectivity index (χ1) is 9.21. The quantitative estimate of drug-likeness (QED) is 0.559. The molecule has 0 N–H and O–H groups in total. The minimum Gasteiger partial charge on any atom is -0.288 e. The molecule has 1 aromatic carbocycles. The Morgan fingerprint density at radius 3 is 2.55 bits per heavy atom. The molecule has 0 bridgehead atoms. The lowest BCUT2D eigenvalue weighted by Crippen LogP contribution is -2.44. The summed E-state index contributed by atoms with van der Waals surface area (Å²) in [6, 6.07) is 4.42. The SMILES string of the molecule is CC(C)(C)N1C(=O)/C(=C/c2c(F)cccc2Cl)SC1=S. The lowest BCUT2D eigenvalue weighted by molar-refractivity contribution is -0.125. The number of amides is 1. The van der Waals surface area contributed by atoms with E-state index in [0.717, 1.165) is 11.8 Å². The molecule has 0 radical (unpaired) electrons. The van der Waals surface area contributed by atoms with Crippen LogP contribution in [-0.4, -0.2) is 20.7 Å². The van der Waals surface area contributed by atoms with Crippen LogP contribution in [0.5, 0.6) is 0 Å². The van der Waals surface area contributed by atoms with Crippen molar-refractivity contribution in [2.45, 2.75) is 26.3 Å². The Labute approximate surface area is 132 Å². The van der Waals surface area contributed by atoms with Crippen LogP contribution in [0.3, 0.4) is 0 Å². The molecule has 1 fully saturated rings. The number of rotatable bonds is 1. The first kappa shape index (κ1) is 15.5. The third-order valence-corrected chi connectivity index (χ3v) is 4.37. The molecule has 1 aliphatic heterocycles. The normalized spacial score (nSPS) is 18.2. The number of thioether (sulfide) groups is 1. The number of benzene rings is 1. The van der Waals surface area contributed by atoms with Crippen molar-refractivity contribution in [3.05, 3.63) is 39.5 Å². The van der Waals surface area contributed by atoms with E-state index < -0.39 is 11.4 Å². The van der Waals surface area contributed by atoms with Gasteiger partial charge >= 0.3 is 0 Å². The molecule has 0 aromatic heterocycles. The van der Waals surface area contributed by atoms with Gasteiger partial charge in [0, 0.05) is 11.1 Å². The average molecular weight is 330 g/mol. The maximum Gasteiger partial charge on any atom is 0.266 e. The molecule has 6 heteroatoms. The zero-order chi connectivity index (χ0) is 15.1. The Balaban J connectivity index is 2.43. The van der Waals surface area contributed by atoms with Gasteiger partial charge in [-0.1, -0.05) is 41.6 Å². The van der Waals surface area contributed by atoms with Gasteiger partial charge in [-0.25, -0.2) is 4.39 Å². The van der Waals surface area contributed by atoms with Crippen molar-refractivity contribution >= 4 is 51.9 Å². The van der Waals surface area contributed by atoms with Gasteiger partial charge in [-0.15, -0.1) is 0 Å². The molecule has 20 heavy (non-hydrogen) atoms. The van der Waals surface area contributed by atoms with Gasteiger partial charge in [-0.05, 0) is 39.0 Å². The lowest BCUT2D eigenvalue weighted by Gasteiger charge is -2.30. The van der Waals surface area contributed by atoms with E-state index in [2.05, 4.69) is 0 Å². The van der Waals surface area contributed by atoms with Gasteiger partial charge in [-0.2, -0.15) is 0 Å². The molecule has 1 amide bonds. The van der Waals surface area contributed by atoms with Gasteiger partial charge in [0.1, 0.15) is 10.1 Å². The summed E-state index contributed by atoms with van der Waals surface area (Å²) in [5.74, 6) is -0.676. The van der Waals surface area contributed by atoms with Crippen LogP contribution in [0.25, 0.3) is 6.08 Å². The van der Waals surface area contributed by atoms with Crippen LogP contribution in [0.1, 0.15) is 26.3 Å². The van der Waals surface area contributed by atoms with Crippen molar-refractivity contribution in [3.63, 3.8) is 0 Å². The van der Waals surface area contributed by atoms with Crippen LogP contribution in [-0.2, 0) is 4.79 Å². The van der Waals surface area contributed by atoms with E-state index in [1.54, 1.807) is 6.07 Å². The fourth-order valence-electron chi connectivity index (χ4n) is 1.83. The molecule has 2 nitrogen and oxygen atoms in total. The van der Waals surface area contributed by atoms with Crippen molar-refractivity contribution in [2.75, 3.05) is 0 Å². The predicted octanol–water partition coefficient (Wildman–Crippen LogP) is 4.48. The lowest BCUT2D eigenvalue weighted by atomic mass is 10.1.